The number of hydroxylamine groups is 1. The van der Waals surface area contributed by atoms with Gasteiger partial charge in [0.2, 0.25) is 17.6 Å². The van der Waals surface area contributed by atoms with Crippen LogP contribution in [-0.4, -0.2) is 83.1 Å². The van der Waals surface area contributed by atoms with Gasteiger partial charge in [0.1, 0.15) is 23.6 Å². The van der Waals surface area contributed by atoms with E-state index in [-0.39, 0.29) is 47.8 Å². The van der Waals surface area contributed by atoms with Crippen molar-refractivity contribution in [1.29, 1.82) is 5.26 Å². The van der Waals surface area contributed by atoms with Gasteiger partial charge in [-0.05, 0) is 71.6 Å². The number of halogens is 1. The maximum absolute atomic E-state index is 15.1. The second-order valence-corrected chi connectivity index (χ2v) is 14.7. The predicted molar refractivity (Wildman–Crippen MR) is 200 cm³/mol. The molecule has 1 fully saturated rings. The first kappa shape index (κ1) is 42.0. The van der Waals surface area contributed by atoms with Gasteiger partial charge in [0, 0.05) is 49.2 Å². The van der Waals surface area contributed by atoms with E-state index in [1.807, 2.05) is 61.5 Å². The smallest absolute Gasteiger partial charge is 0.410 e. The number of hydrogen-bond acceptors (Lipinski definition) is 10. The molecular weight excluding hydrogens is 665 g/mol. The van der Waals surface area contributed by atoms with Crippen LogP contribution in [0.3, 0.4) is 0 Å². The third-order valence-electron chi connectivity index (χ3n) is 9.18. The molecule has 2 aromatic rings. The van der Waals surface area contributed by atoms with Crippen molar-refractivity contribution in [2.24, 2.45) is 9.98 Å². The summed E-state index contributed by atoms with van der Waals surface area (Å²) in [7, 11) is 3.16. The van der Waals surface area contributed by atoms with Crippen LogP contribution >= 0.6 is 0 Å². The van der Waals surface area contributed by atoms with E-state index in [1.54, 1.807) is 31.2 Å². The number of carbonyl (C=O) groups is 1. The zero-order valence-electron chi connectivity index (χ0n) is 32.7. The van der Waals surface area contributed by atoms with Crippen LogP contribution in [0, 0.1) is 24.1 Å². The Balaban J connectivity index is 1.99. The number of amides is 1. The van der Waals surface area contributed by atoms with Gasteiger partial charge in [-0.15, -0.1) is 0 Å². The van der Waals surface area contributed by atoms with Crippen molar-refractivity contribution in [3.63, 3.8) is 0 Å². The van der Waals surface area contributed by atoms with E-state index in [2.05, 4.69) is 30.0 Å². The number of benzene rings is 1. The minimum atomic E-state index is -0.783. The van der Waals surface area contributed by atoms with Gasteiger partial charge in [-0.2, -0.15) is 20.7 Å². The first-order valence-electron chi connectivity index (χ1n) is 17.8. The van der Waals surface area contributed by atoms with Crippen molar-refractivity contribution >= 4 is 17.6 Å². The summed E-state index contributed by atoms with van der Waals surface area (Å²) in [6.07, 6.45) is 1.16. The fraction of sp³-hybridized carbons (Fsp3) is 0.590. The number of rotatable bonds is 14. The Morgan fingerprint density at radius 2 is 1.92 bits per heavy atom. The van der Waals surface area contributed by atoms with Crippen molar-refractivity contribution in [3.05, 3.63) is 59.2 Å². The molecule has 1 aromatic carbocycles. The second-order valence-electron chi connectivity index (χ2n) is 14.7. The van der Waals surface area contributed by atoms with Gasteiger partial charge < -0.3 is 23.9 Å². The number of nitrogens with zero attached hydrogens (tertiary/aromatic N) is 6. The van der Waals surface area contributed by atoms with E-state index in [9.17, 15) is 10.1 Å². The van der Waals surface area contributed by atoms with Crippen LogP contribution in [0.25, 0.3) is 0 Å². The highest BCUT2D eigenvalue weighted by Gasteiger charge is 2.36. The summed E-state index contributed by atoms with van der Waals surface area (Å²) >= 11 is 0. The van der Waals surface area contributed by atoms with E-state index >= 15 is 4.39 Å². The molecule has 1 amide bonds. The second kappa shape index (κ2) is 18.4. The SMILES string of the molecule is C=C(C[C@@H](CC)NOC)[C@H](C)Oc1cc(O[C@H]2CCN(C(=O)OC(C)(C)C)[C@H](CC#N)C2)nc(C(=NC)N=C(C)C(C)(C)c2c(C)cccc2F)n1. The molecule has 4 atom stereocenters. The molecule has 52 heavy (non-hydrogen) atoms. The van der Waals surface area contributed by atoms with Crippen molar-refractivity contribution in [2.45, 2.75) is 130 Å². The van der Waals surface area contributed by atoms with E-state index in [0.29, 0.717) is 37.1 Å². The Labute approximate surface area is 308 Å². The molecule has 284 valence electrons. The summed E-state index contributed by atoms with van der Waals surface area (Å²) in [6.45, 7) is 21.5. The maximum atomic E-state index is 15.1. The minimum absolute atomic E-state index is 0.0499. The summed E-state index contributed by atoms with van der Waals surface area (Å²) in [4.78, 5) is 38.4. The van der Waals surface area contributed by atoms with Crippen LogP contribution in [0.1, 0.15) is 104 Å². The van der Waals surface area contributed by atoms with E-state index in [4.69, 9.17) is 34.0 Å². The van der Waals surface area contributed by atoms with E-state index in [0.717, 1.165) is 17.6 Å². The summed E-state index contributed by atoms with van der Waals surface area (Å²) in [5.41, 5.74) is 4.31. The van der Waals surface area contributed by atoms with Gasteiger partial charge in [0.05, 0.1) is 31.7 Å². The summed E-state index contributed by atoms with van der Waals surface area (Å²) in [5.74, 6) is 0.484. The summed E-state index contributed by atoms with van der Waals surface area (Å²) in [6, 6.07) is 8.45. The molecule has 0 bridgehead atoms. The predicted octanol–water partition coefficient (Wildman–Crippen LogP) is 7.44. The van der Waals surface area contributed by atoms with Crippen molar-refractivity contribution in [2.75, 3.05) is 20.7 Å². The lowest BCUT2D eigenvalue weighted by atomic mass is 9.78. The van der Waals surface area contributed by atoms with Gasteiger partial charge in [0.25, 0.3) is 0 Å². The third-order valence-corrected chi connectivity index (χ3v) is 9.18. The first-order chi connectivity index (χ1) is 24.4. The van der Waals surface area contributed by atoms with Crippen molar-refractivity contribution < 1.29 is 28.2 Å². The molecule has 3 rings (SSSR count). The number of hydrogen-bond donors (Lipinski definition) is 1. The number of nitriles is 1. The molecule has 1 aliphatic heterocycles. The van der Waals surface area contributed by atoms with Crippen LogP contribution in [0.15, 0.2) is 46.4 Å². The fourth-order valence-corrected chi connectivity index (χ4v) is 6.06. The Kier molecular flexibility index (Phi) is 14.8. The fourth-order valence-electron chi connectivity index (χ4n) is 6.06. The number of ether oxygens (including phenoxy) is 3. The quantitative estimate of drug-likeness (QED) is 0.0911. The lowest BCUT2D eigenvalue weighted by Gasteiger charge is -2.38. The van der Waals surface area contributed by atoms with Crippen LogP contribution < -0.4 is 15.0 Å². The molecule has 12 nitrogen and oxygen atoms in total. The summed E-state index contributed by atoms with van der Waals surface area (Å²) in [5, 5.41) is 9.58. The van der Waals surface area contributed by atoms with E-state index < -0.39 is 29.3 Å². The number of aromatic nitrogens is 2. The third kappa shape index (κ3) is 11.3. The molecule has 13 heteroatoms. The Bertz CT molecular complexity index is 1640. The number of amidine groups is 1. The minimum Gasteiger partial charge on any atom is -0.474 e. The Morgan fingerprint density at radius 3 is 2.52 bits per heavy atom. The lowest BCUT2D eigenvalue weighted by molar-refractivity contribution is -0.00382. The maximum Gasteiger partial charge on any atom is 0.410 e. The topological polar surface area (TPSA) is 144 Å². The molecule has 1 saturated heterocycles. The highest BCUT2D eigenvalue weighted by atomic mass is 19.1. The summed E-state index contributed by atoms with van der Waals surface area (Å²) < 4.78 is 33.5. The zero-order chi connectivity index (χ0) is 38.8. The van der Waals surface area contributed by atoms with Gasteiger partial charge in [-0.1, -0.05) is 39.5 Å². The molecule has 0 unspecified atom stereocenters. The van der Waals surface area contributed by atoms with Crippen LogP contribution in [0.4, 0.5) is 9.18 Å². The molecule has 0 saturated carbocycles. The molecule has 2 heterocycles. The van der Waals surface area contributed by atoms with Gasteiger partial charge in [-0.3, -0.25) is 4.99 Å². The number of aryl methyl sites for hydroxylation is 1. The molecule has 1 N–H and O–H groups in total. The normalized spacial score (nSPS) is 18.3. The molecule has 1 aliphatic rings. The van der Waals surface area contributed by atoms with Crippen LogP contribution in [-0.2, 0) is 15.0 Å². The standard InChI is InChI=1S/C39H56FN7O5/c1-13-28(46-49-12)21-25(3)26(4)50-32-23-33(51-30-18-20-47(29(22-30)17-19-41)37(48)52-38(6,7)8)45-36(44-32)35(42-11)43-27(5)39(9,10)34-24(2)15-14-16-31(34)40/h14-16,23,26,28-30,46H,3,13,17-18,20-22H2,1-2,4-12H3/t26-,28+,29+,30-/m0/s1. The van der Waals surface area contributed by atoms with Gasteiger partial charge in [-0.25, -0.2) is 14.2 Å². The van der Waals surface area contributed by atoms with Crippen LogP contribution in [0.2, 0.25) is 0 Å². The monoisotopic (exact) mass is 721 g/mol. The average molecular weight is 722 g/mol. The number of nitrogens with one attached hydrogen (secondary N) is 1. The number of carbonyl (C=O) groups excluding carboxylic acids is 1. The number of aliphatic imine (C=N–C) groups is 2. The Hall–Kier alpha value is -4.41. The van der Waals surface area contributed by atoms with Crippen molar-refractivity contribution in [1.82, 2.24) is 20.3 Å². The van der Waals surface area contributed by atoms with Crippen LogP contribution in [0.5, 0.6) is 11.8 Å². The largest absolute Gasteiger partial charge is 0.474 e. The zero-order valence-corrected chi connectivity index (χ0v) is 32.7. The highest BCUT2D eigenvalue weighted by molar-refractivity contribution is 6.07. The number of piperidine rings is 1. The van der Waals surface area contributed by atoms with Gasteiger partial charge >= 0.3 is 6.09 Å². The molecule has 1 aromatic heterocycles. The first-order valence-corrected chi connectivity index (χ1v) is 17.8. The molecular formula is C39H56FN7O5. The lowest BCUT2D eigenvalue weighted by Crippen LogP contribution is -2.50. The highest BCUT2D eigenvalue weighted by Crippen LogP contribution is 2.32. The van der Waals surface area contributed by atoms with Crippen molar-refractivity contribution in [3.8, 4) is 17.8 Å². The Morgan fingerprint density at radius 1 is 1.23 bits per heavy atom. The molecule has 0 radical (unpaired) electrons. The molecule has 0 aliphatic carbocycles. The average Bonchev–Trinajstić information content (AvgIpc) is 3.05. The van der Waals surface area contributed by atoms with E-state index in [1.165, 1.54) is 6.07 Å². The molecule has 0 spiro atoms. The van der Waals surface area contributed by atoms with Gasteiger partial charge in [0.15, 0.2) is 5.84 Å². The number of likely N-dealkylation sites (tertiary alicyclic amines) is 1.